The van der Waals surface area contributed by atoms with Crippen molar-refractivity contribution in [2.45, 2.75) is 37.6 Å². The predicted octanol–water partition coefficient (Wildman–Crippen LogP) is 2.62. The van der Waals surface area contributed by atoms with Crippen LogP contribution in [0.4, 0.5) is 5.69 Å². The number of ether oxygens (including phenoxy) is 3. The van der Waals surface area contributed by atoms with Crippen LogP contribution in [0.2, 0.25) is 5.02 Å². The van der Waals surface area contributed by atoms with Crippen molar-refractivity contribution in [2.24, 2.45) is 4.99 Å². The molecule has 29 heavy (non-hydrogen) atoms. The van der Waals surface area contributed by atoms with Crippen LogP contribution in [0.15, 0.2) is 47.5 Å². The molecule has 0 aromatic heterocycles. The van der Waals surface area contributed by atoms with E-state index < -0.39 is 30.7 Å². The molecule has 3 N–H and O–H groups in total. The molecule has 3 rings (SSSR count). The van der Waals surface area contributed by atoms with Gasteiger partial charge in [0.2, 0.25) is 0 Å². The van der Waals surface area contributed by atoms with Gasteiger partial charge in [-0.2, -0.15) is 0 Å². The molecular formula is C21H24ClNO6. The number of methoxy groups -OCH3 is 1. The maximum atomic E-state index is 10.3. The van der Waals surface area contributed by atoms with E-state index in [-0.39, 0.29) is 0 Å². The standard InChI is InChI=1S/C21H24ClNO6/c1-3-28-15-7-5-14(6-8-15)23-11-13-10-12(4-9-16(13)22)20-18(25)17(24)19(26)21(27-2)29-20/h4-11,17-21,24-26H,3H2,1-2H3/t17-,18-,19+,20+,21+/m1/s1. The van der Waals surface area contributed by atoms with Crippen molar-refractivity contribution in [2.75, 3.05) is 13.7 Å². The number of aliphatic imine (C=N–C) groups is 1. The number of aliphatic hydroxyl groups excluding tert-OH is 3. The lowest BCUT2D eigenvalue weighted by Gasteiger charge is -2.40. The SMILES string of the molecule is CCOc1ccc(N=Cc2cc([C@@H]3O[C@H](OC)[C@@H](O)[C@H](O)[C@H]3O)ccc2Cl)cc1. The van der Waals surface area contributed by atoms with E-state index in [1.54, 1.807) is 24.4 Å². The number of hydrogen-bond acceptors (Lipinski definition) is 7. The van der Waals surface area contributed by atoms with Crippen LogP contribution in [0.3, 0.4) is 0 Å². The number of hydrogen-bond donors (Lipinski definition) is 3. The van der Waals surface area contributed by atoms with E-state index in [9.17, 15) is 15.3 Å². The Labute approximate surface area is 174 Å². The van der Waals surface area contributed by atoms with E-state index in [0.29, 0.717) is 22.8 Å². The maximum Gasteiger partial charge on any atom is 0.186 e. The van der Waals surface area contributed by atoms with Crippen LogP contribution in [0.25, 0.3) is 0 Å². The van der Waals surface area contributed by atoms with Gasteiger partial charge in [0.05, 0.1) is 12.3 Å². The highest BCUT2D eigenvalue weighted by molar-refractivity contribution is 6.33. The molecule has 8 heteroatoms. The summed E-state index contributed by atoms with van der Waals surface area (Å²) in [4.78, 5) is 4.42. The molecule has 1 heterocycles. The smallest absolute Gasteiger partial charge is 0.186 e. The van der Waals surface area contributed by atoms with Gasteiger partial charge < -0.3 is 29.5 Å². The Bertz CT molecular complexity index is 842. The average Bonchev–Trinajstić information content (AvgIpc) is 2.73. The molecule has 1 aliphatic heterocycles. The zero-order valence-electron chi connectivity index (χ0n) is 16.1. The summed E-state index contributed by atoms with van der Waals surface area (Å²) in [5.41, 5.74) is 1.91. The van der Waals surface area contributed by atoms with Crippen LogP contribution < -0.4 is 4.74 Å². The molecule has 1 saturated heterocycles. The Morgan fingerprint density at radius 1 is 1.07 bits per heavy atom. The highest BCUT2D eigenvalue weighted by atomic mass is 35.5. The number of benzene rings is 2. The second-order valence-corrected chi connectivity index (χ2v) is 7.01. The average molecular weight is 422 g/mol. The molecule has 5 atom stereocenters. The van der Waals surface area contributed by atoms with Crippen molar-refractivity contribution >= 4 is 23.5 Å². The first kappa shape index (κ1) is 21.7. The highest BCUT2D eigenvalue weighted by Crippen LogP contribution is 2.34. The fraction of sp³-hybridized carbons (Fsp3) is 0.381. The summed E-state index contributed by atoms with van der Waals surface area (Å²) >= 11 is 6.28. The fourth-order valence-corrected chi connectivity index (χ4v) is 3.26. The van der Waals surface area contributed by atoms with Crippen molar-refractivity contribution in [3.05, 3.63) is 58.6 Å². The first-order valence-electron chi connectivity index (χ1n) is 9.23. The molecular weight excluding hydrogens is 398 g/mol. The number of halogens is 1. The molecule has 2 aromatic rings. The van der Waals surface area contributed by atoms with E-state index in [1.165, 1.54) is 7.11 Å². The van der Waals surface area contributed by atoms with Crippen LogP contribution in [-0.2, 0) is 9.47 Å². The lowest BCUT2D eigenvalue weighted by molar-refractivity contribution is -0.292. The summed E-state index contributed by atoms with van der Waals surface area (Å²) < 4.78 is 16.1. The van der Waals surface area contributed by atoms with Gasteiger partial charge in [0.15, 0.2) is 6.29 Å². The van der Waals surface area contributed by atoms with E-state index in [1.807, 2.05) is 31.2 Å². The highest BCUT2D eigenvalue weighted by Gasteiger charge is 2.44. The van der Waals surface area contributed by atoms with Gasteiger partial charge in [-0.15, -0.1) is 0 Å². The summed E-state index contributed by atoms with van der Waals surface area (Å²) in [6.45, 7) is 2.51. The van der Waals surface area contributed by atoms with Gasteiger partial charge in [-0.3, -0.25) is 4.99 Å². The molecule has 0 bridgehead atoms. The van der Waals surface area contributed by atoms with Crippen LogP contribution >= 0.6 is 11.6 Å². The lowest BCUT2D eigenvalue weighted by Crippen LogP contribution is -2.54. The normalized spacial score (nSPS) is 27.3. The Hall–Kier alpha value is -2.00. The molecule has 0 amide bonds. The number of aliphatic hydroxyl groups is 3. The second-order valence-electron chi connectivity index (χ2n) is 6.60. The maximum absolute atomic E-state index is 10.3. The minimum absolute atomic E-state index is 0.470. The molecule has 0 radical (unpaired) electrons. The third-order valence-electron chi connectivity index (χ3n) is 4.65. The summed E-state index contributed by atoms with van der Waals surface area (Å²) in [5.74, 6) is 0.767. The van der Waals surface area contributed by atoms with Crippen molar-refractivity contribution in [3.63, 3.8) is 0 Å². The molecule has 7 nitrogen and oxygen atoms in total. The molecule has 1 aliphatic rings. The summed E-state index contributed by atoms with van der Waals surface area (Å²) in [7, 11) is 1.35. The molecule has 1 fully saturated rings. The third kappa shape index (κ3) is 4.95. The van der Waals surface area contributed by atoms with Crippen molar-refractivity contribution < 1.29 is 29.5 Å². The minimum atomic E-state index is -1.41. The zero-order chi connectivity index (χ0) is 21.0. The van der Waals surface area contributed by atoms with Gasteiger partial charge in [0, 0.05) is 23.9 Å². The van der Waals surface area contributed by atoms with Gasteiger partial charge >= 0.3 is 0 Å². The van der Waals surface area contributed by atoms with Crippen molar-refractivity contribution in [1.29, 1.82) is 0 Å². The molecule has 0 spiro atoms. The van der Waals surface area contributed by atoms with E-state index in [2.05, 4.69) is 4.99 Å². The first-order chi connectivity index (χ1) is 13.9. The van der Waals surface area contributed by atoms with Crippen LogP contribution in [-0.4, -0.2) is 59.9 Å². The second kappa shape index (κ2) is 9.67. The fourth-order valence-electron chi connectivity index (χ4n) is 3.10. The number of nitrogens with zero attached hydrogens (tertiary/aromatic N) is 1. The van der Waals surface area contributed by atoms with E-state index in [4.69, 9.17) is 25.8 Å². The van der Waals surface area contributed by atoms with Crippen molar-refractivity contribution in [1.82, 2.24) is 0 Å². The quantitative estimate of drug-likeness (QED) is 0.620. The van der Waals surface area contributed by atoms with Gasteiger partial charge in [-0.25, -0.2) is 0 Å². The Balaban J connectivity index is 1.82. The molecule has 156 valence electrons. The van der Waals surface area contributed by atoms with Crippen LogP contribution in [0, 0.1) is 0 Å². The van der Waals surface area contributed by atoms with Gasteiger partial charge in [0.25, 0.3) is 0 Å². The van der Waals surface area contributed by atoms with Crippen molar-refractivity contribution in [3.8, 4) is 5.75 Å². The monoisotopic (exact) mass is 421 g/mol. The minimum Gasteiger partial charge on any atom is -0.494 e. The van der Waals surface area contributed by atoms with E-state index in [0.717, 1.165) is 11.4 Å². The van der Waals surface area contributed by atoms with Gasteiger partial charge in [-0.05, 0) is 48.9 Å². The topological polar surface area (TPSA) is 101 Å². The van der Waals surface area contributed by atoms with Gasteiger partial charge in [-0.1, -0.05) is 17.7 Å². The first-order valence-corrected chi connectivity index (χ1v) is 9.61. The van der Waals surface area contributed by atoms with E-state index >= 15 is 0 Å². The number of rotatable bonds is 6. The Kier molecular flexibility index (Phi) is 7.23. The van der Waals surface area contributed by atoms with Gasteiger partial charge in [0.1, 0.15) is 30.2 Å². The Morgan fingerprint density at radius 3 is 2.45 bits per heavy atom. The molecule has 2 aromatic carbocycles. The molecule has 0 aliphatic carbocycles. The third-order valence-corrected chi connectivity index (χ3v) is 5.00. The summed E-state index contributed by atoms with van der Waals surface area (Å²) in [6.07, 6.45) is -4.43. The summed E-state index contributed by atoms with van der Waals surface area (Å²) in [6, 6.07) is 12.4. The molecule has 0 unspecified atom stereocenters. The largest absolute Gasteiger partial charge is 0.494 e. The van der Waals surface area contributed by atoms with Crippen LogP contribution in [0.1, 0.15) is 24.2 Å². The zero-order valence-corrected chi connectivity index (χ0v) is 16.9. The lowest BCUT2D eigenvalue weighted by atomic mass is 9.93. The van der Waals surface area contributed by atoms with Crippen LogP contribution in [0.5, 0.6) is 5.75 Å². The Morgan fingerprint density at radius 2 is 1.79 bits per heavy atom. The summed E-state index contributed by atoms with van der Waals surface area (Å²) in [5, 5.41) is 30.8. The molecule has 0 saturated carbocycles. The predicted molar refractivity (Wildman–Crippen MR) is 109 cm³/mol.